The highest BCUT2D eigenvalue weighted by molar-refractivity contribution is 7.18. The summed E-state index contributed by atoms with van der Waals surface area (Å²) in [5.41, 5.74) is 3.17. The number of benzene rings is 2. The summed E-state index contributed by atoms with van der Waals surface area (Å²) in [6.45, 7) is 2.03. The quantitative estimate of drug-likeness (QED) is 0.641. The lowest BCUT2D eigenvalue weighted by atomic mass is 10.1. The fraction of sp³-hybridized carbons (Fsp3) is 0.118. The zero-order valence-corrected chi connectivity index (χ0v) is 13.3. The molecule has 0 spiro atoms. The zero-order valence-electron chi connectivity index (χ0n) is 11.8. The third kappa shape index (κ3) is 2.80. The number of rotatable bonds is 3. The van der Waals surface area contributed by atoms with E-state index in [0.717, 1.165) is 37.5 Å². The maximum atomic E-state index is 5.94. The van der Waals surface area contributed by atoms with Gasteiger partial charge < -0.3 is 4.74 Å². The molecule has 21 heavy (non-hydrogen) atoms. The molecule has 2 aromatic carbocycles. The Morgan fingerprint density at radius 2 is 1.76 bits per heavy atom. The molecular formula is C17H14ClNOS. The van der Waals surface area contributed by atoms with Crippen molar-refractivity contribution in [3.63, 3.8) is 0 Å². The second-order valence-electron chi connectivity index (χ2n) is 4.64. The second kappa shape index (κ2) is 5.88. The highest BCUT2D eigenvalue weighted by Crippen LogP contribution is 2.39. The van der Waals surface area contributed by atoms with Gasteiger partial charge in [0.05, 0.1) is 17.7 Å². The molecule has 0 fully saturated rings. The molecule has 3 aromatic rings. The van der Waals surface area contributed by atoms with Crippen molar-refractivity contribution in [3.05, 3.63) is 59.2 Å². The van der Waals surface area contributed by atoms with Crippen molar-refractivity contribution in [2.75, 3.05) is 7.11 Å². The highest BCUT2D eigenvalue weighted by Gasteiger charge is 2.14. The second-order valence-corrected chi connectivity index (χ2v) is 6.08. The molecule has 4 heteroatoms. The van der Waals surface area contributed by atoms with Crippen molar-refractivity contribution in [2.24, 2.45) is 0 Å². The molecule has 0 saturated heterocycles. The molecular weight excluding hydrogens is 302 g/mol. The van der Waals surface area contributed by atoms with Crippen molar-refractivity contribution >= 4 is 22.9 Å². The van der Waals surface area contributed by atoms with Crippen LogP contribution in [0.25, 0.3) is 21.0 Å². The van der Waals surface area contributed by atoms with Crippen molar-refractivity contribution in [3.8, 4) is 26.8 Å². The predicted octanol–water partition coefficient (Wildman–Crippen LogP) is 5.45. The SMILES string of the molecule is COc1ccccc1-c1sc(-c2ccc(Cl)cc2)nc1C. The number of nitrogens with zero attached hydrogens (tertiary/aromatic N) is 1. The molecule has 0 unspecified atom stereocenters. The lowest BCUT2D eigenvalue weighted by molar-refractivity contribution is 0.416. The van der Waals surface area contributed by atoms with Gasteiger partial charge in [0.2, 0.25) is 0 Å². The van der Waals surface area contributed by atoms with Crippen LogP contribution in [0.1, 0.15) is 5.69 Å². The average Bonchev–Trinajstić information content (AvgIpc) is 2.89. The maximum Gasteiger partial charge on any atom is 0.127 e. The number of hydrogen-bond donors (Lipinski definition) is 0. The van der Waals surface area contributed by atoms with Crippen LogP contribution in [0, 0.1) is 6.92 Å². The van der Waals surface area contributed by atoms with E-state index in [1.165, 1.54) is 0 Å². The minimum atomic E-state index is 0.733. The van der Waals surface area contributed by atoms with Gasteiger partial charge in [0, 0.05) is 16.1 Å². The Morgan fingerprint density at radius 1 is 1.05 bits per heavy atom. The van der Waals surface area contributed by atoms with Crippen LogP contribution in [0.3, 0.4) is 0 Å². The van der Waals surface area contributed by atoms with Crippen molar-refractivity contribution in [1.82, 2.24) is 4.98 Å². The van der Waals surface area contributed by atoms with E-state index in [1.807, 2.05) is 49.4 Å². The van der Waals surface area contributed by atoms with Gasteiger partial charge in [-0.15, -0.1) is 11.3 Å². The first-order valence-corrected chi connectivity index (χ1v) is 7.75. The van der Waals surface area contributed by atoms with E-state index in [9.17, 15) is 0 Å². The molecule has 1 aromatic heterocycles. The third-order valence-corrected chi connectivity index (χ3v) is 4.73. The van der Waals surface area contributed by atoms with E-state index >= 15 is 0 Å². The van der Waals surface area contributed by atoms with Gasteiger partial charge in [0.15, 0.2) is 0 Å². The summed E-state index contributed by atoms with van der Waals surface area (Å²) >= 11 is 7.60. The van der Waals surface area contributed by atoms with Gasteiger partial charge in [0.25, 0.3) is 0 Å². The van der Waals surface area contributed by atoms with E-state index in [4.69, 9.17) is 16.3 Å². The lowest BCUT2D eigenvalue weighted by Gasteiger charge is -2.06. The molecule has 0 aliphatic heterocycles. The van der Waals surface area contributed by atoms with Crippen molar-refractivity contribution in [2.45, 2.75) is 6.92 Å². The summed E-state index contributed by atoms with van der Waals surface area (Å²) in [6, 6.07) is 15.8. The number of methoxy groups -OCH3 is 1. The number of hydrogen-bond acceptors (Lipinski definition) is 3. The Labute approximate surface area is 133 Å². The molecule has 2 nitrogen and oxygen atoms in total. The van der Waals surface area contributed by atoms with Crippen LogP contribution < -0.4 is 4.74 Å². The molecule has 0 aliphatic rings. The third-order valence-electron chi connectivity index (χ3n) is 3.24. The number of ether oxygens (including phenoxy) is 1. The molecule has 0 bridgehead atoms. The van der Waals surface area contributed by atoms with Crippen LogP contribution in [-0.2, 0) is 0 Å². The van der Waals surface area contributed by atoms with Crippen LogP contribution in [0.5, 0.6) is 5.75 Å². The number of thiazole rings is 1. The Bertz CT molecular complexity index is 765. The summed E-state index contributed by atoms with van der Waals surface area (Å²) in [6.07, 6.45) is 0. The molecule has 3 rings (SSSR count). The maximum absolute atomic E-state index is 5.94. The summed E-state index contributed by atoms with van der Waals surface area (Å²) in [5, 5.41) is 1.72. The Kier molecular flexibility index (Phi) is 3.95. The van der Waals surface area contributed by atoms with E-state index in [1.54, 1.807) is 18.4 Å². The van der Waals surface area contributed by atoms with Crippen LogP contribution in [0.2, 0.25) is 5.02 Å². The number of halogens is 1. The largest absolute Gasteiger partial charge is 0.496 e. The normalized spacial score (nSPS) is 10.6. The predicted molar refractivity (Wildman–Crippen MR) is 89.3 cm³/mol. The average molecular weight is 316 g/mol. The summed E-state index contributed by atoms with van der Waals surface area (Å²) in [4.78, 5) is 5.82. The molecule has 106 valence electrons. The lowest BCUT2D eigenvalue weighted by Crippen LogP contribution is -1.86. The highest BCUT2D eigenvalue weighted by atomic mass is 35.5. The van der Waals surface area contributed by atoms with Crippen LogP contribution in [0.15, 0.2) is 48.5 Å². The summed E-state index contributed by atoms with van der Waals surface area (Å²) in [5.74, 6) is 0.868. The molecule has 0 amide bonds. The van der Waals surface area contributed by atoms with Gasteiger partial charge in [-0.2, -0.15) is 0 Å². The van der Waals surface area contributed by atoms with Gasteiger partial charge >= 0.3 is 0 Å². The summed E-state index contributed by atoms with van der Waals surface area (Å²) < 4.78 is 5.45. The molecule has 1 heterocycles. The van der Waals surface area contributed by atoms with Gasteiger partial charge in [-0.05, 0) is 31.2 Å². The van der Waals surface area contributed by atoms with Crippen LogP contribution >= 0.6 is 22.9 Å². The molecule has 0 N–H and O–H groups in total. The smallest absolute Gasteiger partial charge is 0.127 e. The van der Waals surface area contributed by atoms with E-state index in [2.05, 4.69) is 11.1 Å². The minimum Gasteiger partial charge on any atom is -0.496 e. The fourth-order valence-electron chi connectivity index (χ4n) is 2.19. The first-order valence-electron chi connectivity index (χ1n) is 6.56. The first kappa shape index (κ1) is 14.1. The molecule has 0 aliphatic carbocycles. The standard InChI is InChI=1S/C17H14ClNOS/c1-11-16(14-5-3-4-6-15(14)20-2)21-17(19-11)12-7-9-13(18)10-8-12/h3-10H,1-2H3. The monoisotopic (exact) mass is 315 g/mol. The van der Waals surface area contributed by atoms with Crippen LogP contribution in [0.4, 0.5) is 0 Å². The van der Waals surface area contributed by atoms with Gasteiger partial charge in [-0.1, -0.05) is 35.9 Å². The van der Waals surface area contributed by atoms with Gasteiger partial charge in [-0.25, -0.2) is 4.98 Å². The Balaban J connectivity index is 2.07. The van der Waals surface area contributed by atoms with E-state index < -0.39 is 0 Å². The fourth-order valence-corrected chi connectivity index (χ4v) is 3.42. The zero-order chi connectivity index (χ0) is 14.8. The molecule has 0 saturated carbocycles. The number of para-hydroxylation sites is 1. The van der Waals surface area contributed by atoms with Crippen molar-refractivity contribution < 1.29 is 4.74 Å². The Morgan fingerprint density at radius 3 is 2.48 bits per heavy atom. The molecule has 0 radical (unpaired) electrons. The number of aromatic nitrogens is 1. The van der Waals surface area contributed by atoms with Crippen LogP contribution in [-0.4, -0.2) is 12.1 Å². The topological polar surface area (TPSA) is 22.1 Å². The first-order chi connectivity index (χ1) is 10.2. The van der Waals surface area contributed by atoms with Crippen molar-refractivity contribution in [1.29, 1.82) is 0 Å². The molecule has 0 atom stereocenters. The van der Waals surface area contributed by atoms with E-state index in [0.29, 0.717) is 0 Å². The minimum absolute atomic E-state index is 0.733. The van der Waals surface area contributed by atoms with E-state index in [-0.39, 0.29) is 0 Å². The summed E-state index contributed by atoms with van der Waals surface area (Å²) in [7, 11) is 1.69. The van der Waals surface area contributed by atoms with Gasteiger partial charge in [0.1, 0.15) is 10.8 Å². The van der Waals surface area contributed by atoms with Gasteiger partial charge in [-0.3, -0.25) is 0 Å². The number of aryl methyl sites for hydroxylation is 1. The Hall–Kier alpha value is -1.84.